The fourth-order valence-corrected chi connectivity index (χ4v) is 3.33. The van der Waals surface area contributed by atoms with Gasteiger partial charge in [0.05, 0.1) is 12.0 Å². The lowest BCUT2D eigenvalue weighted by Crippen LogP contribution is -2.44. The van der Waals surface area contributed by atoms with Crippen LogP contribution in [0.2, 0.25) is 10.0 Å². The topological polar surface area (TPSA) is 63.6 Å². The Bertz CT molecular complexity index is 922. The fraction of sp³-hybridized carbons (Fsp3) is 0.222. The highest BCUT2D eigenvalue weighted by atomic mass is 35.5. The second-order valence-electron chi connectivity index (χ2n) is 6.06. The molecule has 27 heavy (non-hydrogen) atoms. The van der Waals surface area contributed by atoms with Crippen molar-refractivity contribution in [1.29, 1.82) is 0 Å². The first-order chi connectivity index (χ1) is 12.5. The molecule has 0 saturated heterocycles. The number of esters is 1. The summed E-state index contributed by atoms with van der Waals surface area (Å²) in [5.74, 6) is -1.53. The molecule has 1 heterocycles. The van der Waals surface area contributed by atoms with E-state index in [0.29, 0.717) is 5.56 Å². The van der Waals surface area contributed by atoms with Crippen LogP contribution in [0.25, 0.3) is 0 Å². The number of ketones is 1. The number of carbonyl (C=O) groups is 2. The van der Waals surface area contributed by atoms with Crippen molar-refractivity contribution in [2.24, 2.45) is 0 Å². The molecule has 1 aliphatic heterocycles. The van der Waals surface area contributed by atoms with Gasteiger partial charge in [-0.05, 0) is 35.9 Å². The van der Waals surface area contributed by atoms with Gasteiger partial charge in [-0.3, -0.25) is 4.79 Å². The Morgan fingerprint density at radius 1 is 1.11 bits per heavy atom. The Morgan fingerprint density at radius 3 is 2.33 bits per heavy atom. The molecule has 4 nitrogen and oxygen atoms in total. The molecule has 142 valence electrons. The molecule has 0 aromatic heterocycles. The largest absolute Gasteiger partial charge is 0.457 e. The van der Waals surface area contributed by atoms with E-state index in [9.17, 15) is 27.9 Å². The van der Waals surface area contributed by atoms with E-state index in [-0.39, 0.29) is 27.8 Å². The number of hydrogen-bond donors (Lipinski definition) is 1. The van der Waals surface area contributed by atoms with Crippen LogP contribution >= 0.6 is 23.2 Å². The van der Waals surface area contributed by atoms with Crippen molar-refractivity contribution in [3.05, 3.63) is 68.7 Å². The summed E-state index contributed by atoms with van der Waals surface area (Å²) < 4.78 is 45.7. The molecule has 0 radical (unpaired) electrons. The number of ether oxygens (including phenoxy) is 1. The molecule has 0 bridgehead atoms. The number of aliphatic hydroxyl groups is 1. The first-order valence-corrected chi connectivity index (χ1v) is 8.36. The van der Waals surface area contributed by atoms with Gasteiger partial charge in [-0.15, -0.1) is 0 Å². The SMILES string of the molecule is O=C(CC(O)(c1cc(Cl)cc(Cl)c1)C(F)(F)F)c1ccc2c(c1)COC2=O. The van der Waals surface area contributed by atoms with Crippen molar-refractivity contribution in [2.75, 3.05) is 0 Å². The van der Waals surface area contributed by atoms with E-state index in [0.717, 1.165) is 12.1 Å². The van der Waals surface area contributed by atoms with Crippen LogP contribution in [0.4, 0.5) is 13.2 Å². The van der Waals surface area contributed by atoms with Crippen molar-refractivity contribution in [2.45, 2.75) is 24.8 Å². The van der Waals surface area contributed by atoms with Gasteiger partial charge in [0.1, 0.15) is 6.61 Å². The van der Waals surface area contributed by atoms with Crippen LogP contribution < -0.4 is 0 Å². The zero-order chi connectivity index (χ0) is 20.0. The summed E-state index contributed by atoms with van der Waals surface area (Å²) in [6, 6.07) is 6.83. The minimum Gasteiger partial charge on any atom is -0.457 e. The van der Waals surface area contributed by atoms with Gasteiger partial charge in [0, 0.05) is 21.2 Å². The number of rotatable bonds is 4. The molecular weight excluding hydrogens is 408 g/mol. The van der Waals surface area contributed by atoms with Crippen LogP contribution in [0.3, 0.4) is 0 Å². The lowest BCUT2D eigenvalue weighted by Gasteiger charge is -2.30. The maximum Gasteiger partial charge on any atom is 0.421 e. The molecule has 1 aliphatic rings. The lowest BCUT2D eigenvalue weighted by molar-refractivity contribution is -0.264. The normalized spacial score (nSPS) is 15.9. The molecule has 9 heteroatoms. The van der Waals surface area contributed by atoms with Gasteiger partial charge in [0.2, 0.25) is 0 Å². The van der Waals surface area contributed by atoms with Crippen molar-refractivity contribution in [1.82, 2.24) is 0 Å². The number of cyclic esters (lactones) is 1. The molecule has 0 saturated carbocycles. The molecule has 0 fully saturated rings. The summed E-state index contributed by atoms with van der Waals surface area (Å²) in [6.07, 6.45) is -6.44. The van der Waals surface area contributed by atoms with E-state index in [2.05, 4.69) is 0 Å². The zero-order valence-corrected chi connectivity index (χ0v) is 15.0. The molecule has 0 aliphatic carbocycles. The molecule has 0 amide bonds. The number of fused-ring (bicyclic) bond motifs is 1. The zero-order valence-electron chi connectivity index (χ0n) is 13.4. The monoisotopic (exact) mass is 418 g/mol. The van der Waals surface area contributed by atoms with Crippen LogP contribution in [0.5, 0.6) is 0 Å². The number of Topliss-reactive ketones (excluding diaryl/α,β-unsaturated/α-hetero) is 1. The van der Waals surface area contributed by atoms with Crippen molar-refractivity contribution in [3.8, 4) is 0 Å². The van der Waals surface area contributed by atoms with Gasteiger partial charge in [-0.25, -0.2) is 4.79 Å². The molecule has 1 atom stereocenters. The Labute approximate surface area is 161 Å². The van der Waals surface area contributed by atoms with E-state index >= 15 is 0 Å². The second-order valence-corrected chi connectivity index (χ2v) is 6.94. The number of hydrogen-bond acceptors (Lipinski definition) is 4. The van der Waals surface area contributed by atoms with E-state index in [1.165, 1.54) is 24.3 Å². The summed E-state index contributed by atoms with van der Waals surface area (Å²) in [7, 11) is 0. The summed E-state index contributed by atoms with van der Waals surface area (Å²) in [5, 5.41) is 10.2. The highest BCUT2D eigenvalue weighted by Crippen LogP contribution is 2.44. The number of halogens is 5. The Balaban J connectivity index is 1.98. The average molecular weight is 419 g/mol. The molecular formula is C18H11Cl2F3O4. The van der Waals surface area contributed by atoms with Gasteiger partial charge in [-0.2, -0.15) is 13.2 Å². The second kappa shape index (κ2) is 6.82. The molecule has 1 N–H and O–H groups in total. The standard InChI is InChI=1S/C18H11Cl2F3O4/c19-12-4-11(5-13(20)6-12)17(26,18(21,22)23)7-15(24)9-1-2-14-10(3-9)8-27-16(14)25/h1-6,26H,7-8H2. The highest BCUT2D eigenvalue weighted by molar-refractivity contribution is 6.34. The number of carbonyl (C=O) groups excluding carboxylic acids is 2. The van der Waals surface area contributed by atoms with Gasteiger partial charge in [0.15, 0.2) is 11.4 Å². The molecule has 3 rings (SSSR count). The van der Waals surface area contributed by atoms with Crippen LogP contribution in [-0.2, 0) is 16.9 Å². The third-order valence-electron chi connectivity index (χ3n) is 4.23. The summed E-state index contributed by atoms with van der Waals surface area (Å²) in [6.45, 7) is -0.0667. The molecule has 1 unspecified atom stereocenters. The van der Waals surface area contributed by atoms with E-state index in [4.69, 9.17) is 27.9 Å². The summed E-state index contributed by atoms with van der Waals surface area (Å²) in [4.78, 5) is 23.9. The van der Waals surface area contributed by atoms with E-state index in [1.54, 1.807) is 0 Å². The fourth-order valence-electron chi connectivity index (χ4n) is 2.80. The predicted molar refractivity (Wildman–Crippen MR) is 90.9 cm³/mol. The third kappa shape index (κ3) is 3.67. The minimum absolute atomic E-state index is 0.0667. The van der Waals surface area contributed by atoms with Gasteiger partial charge in [0.25, 0.3) is 0 Å². The Hall–Kier alpha value is -2.09. The number of alkyl halides is 3. The van der Waals surface area contributed by atoms with Gasteiger partial charge < -0.3 is 9.84 Å². The molecule has 2 aromatic carbocycles. The maximum atomic E-state index is 13.6. The maximum absolute atomic E-state index is 13.6. The van der Waals surface area contributed by atoms with Crippen molar-refractivity contribution >= 4 is 35.0 Å². The first-order valence-electron chi connectivity index (χ1n) is 7.60. The van der Waals surface area contributed by atoms with Crippen molar-refractivity contribution in [3.63, 3.8) is 0 Å². The molecule has 0 spiro atoms. The Morgan fingerprint density at radius 2 is 1.74 bits per heavy atom. The lowest BCUT2D eigenvalue weighted by atomic mass is 9.86. The van der Waals surface area contributed by atoms with Crippen LogP contribution in [0.15, 0.2) is 36.4 Å². The molecule has 2 aromatic rings. The average Bonchev–Trinajstić information content (AvgIpc) is 2.93. The van der Waals surface area contributed by atoms with Gasteiger partial charge >= 0.3 is 12.1 Å². The van der Waals surface area contributed by atoms with E-state index < -0.39 is 35.5 Å². The first kappa shape index (κ1) is 19.7. The van der Waals surface area contributed by atoms with Crippen LogP contribution in [-0.4, -0.2) is 23.0 Å². The summed E-state index contributed by atoms with van der Waals surface area (Å²) in [5.41, 5.74) is -3.56. The van der Waals surface area contributed by atoms with Gasteiger partial charge in [-0.1, -0.05) is 29.3 Å². The quantitative estimate of drug-likeness (QED) is 0.577. The van der Waals surface area contributed by atoms with Crippen LogP contribution in [0.1, 0.15) is 38.3 Å². The third-order valence-corrected chi connectivity index (χ3v) is 4.67. The van der Waals surface area contributed by atoms with E-state index in [1.807, 2.05) is 0 Å². The summed E-state index contributed by atoms with van der Waals surface area (Å²) >= 11 is 11.5. The van der Waals surface area contributed by atoms with Crippen molar-refractivity contribution < 1.29 is 32.6 Å². The smallest absolute Gasteiger partial charge is 0.421 e. The number of benzene rings is 2. The highest BCUT2D eigenvalue weighted by Gasteiger charge is 2.56. The Kier molecular flexibility index (Phi) is 4.96. The minimum atomic E-state index is -5.16. The predicted octanol–water partition coefficient (Wildman–Crippen LogP) is 4.69. The van der Waals surface area contributed by atoms with Crippen LogP contribution in [0, 0.1) is 0 Å².